The highest BCUT2D eigenvalue weighted by atomic mass is 16.3. The molecule has 0 radical (unpaired) electrons. The van der Waals surface area contributed by atoms with E-state index >= 15 is 0 Å². The topological polar surface area (TPSA) is 35.8 Å². The van der Waals surface area contributed by atoms with E-state index in [1.807, 2.05) is 4.90 Å². The minimum Gasteiger partial charge on any atom is -0.374 e. The number of amidine groups is 1. The average Bonchev–Trinajstić information content (AvgIpc) is 2.76. The summed E-state index contributed by atoms with van der Waals surface area (Å²) in [6.45, 7) is 5.74. The van der Waals surface area contributed by atoms with Gasteiger partial charge in [0.15, 0.2) is 0 Å². The number of aliphatic imine (C=N–C) groups is 1. The van der Waals surface area contributed by atoms with Crippen LogP contribution in [0.3, 0.4) is 0 Å². The summed E-state index contributed by atoms with van der Waals surface area (Å²) >= 11 is 0. The third kappa shape index (κ3) is 5.35. The van der Waals surface area contributed by atoms with Crippen molar-refractivity contribution in [3.63, 3.8) is 0 Å². The number of allylic oxidation sites excluding steroid dienone is 2. The van der Waals surface area contributed by atoms with E-state index in [4.69, 9.17) is 0 Å². The Kier molecular flexibility index (Phi) is 6.94. The third-order valence-electron chi connectivity index (χ3n) is 3.09. The summed E-state index contributed by atoms with van der Waals surface area (Å²) in [6, 6.07) is 0. The molecule has 3 nitrogen and oxygen atoms in total. The molecule has 0 saturated carbocycles. The van der Waals surface area contributed by atoms with Gasteiger partial charge in [0.2, 0.25) is 0 Å². The van der Waals surface area contributed by atoms with Gasteiger partial charge in [-0.05, 0) is 26.2 Å². The Labute approximate surface area is 105 Å². The van der Waals surface area contributed by atoms with Crippen molar-refractivity contribution in [2.75, 3.05) is 13.1 Å². The maximum atomic E-state index is 9.55. The van der Waals surface area contributed by atoms with E-state index in [2.05, 4.69) is 24.1 Å². The average molecular weight is 238 g/mol. The Morgan fingerprint density at radius 3 is 2.82 bits per heavy atom. The summed E-state index contributed by atoms with van der Waals surface area (Å²) in [5.74, 6) is 1.07. The van der Waals surface area contributed by atoms with Crippen LogP contribution in [0.25, 0.3) is 0 Å². The minimum absolute atomic E-state index is 0.398. The van der Waals surface area contributed by atoms with Crippen molar-refractivity contribution in [2.24, 2.45) is 4.99 Å². The molecule has 0 saturated heterocycles. The Bertz CT molecular complexity index is 259. The molecule has 1 unspecified atom stereocenters. The van der Waals surface area contributed by atoms with Gasteiger partial charge >= 0.3 is 0 Å². The largest absolute Gasteiger partial charge is 0.374 e. The molecule has 0 amide bonds. The number of aliphatic hydroxyl groups is 1. The molecule has 3 heteroatoms. The van der Waals surface area contributed by atoms with Crippen LogP contribution in [-0.2, 0) is 0 Å². The molecule has 0 aromatic carbocycles. The Hall–Kier alpha value is -0.830. The molecule has 1 atom stereocenters. The Morgan fingerprint density at radius 1 is 1.35 bits per heavy atom. The van der Waals surface area contributed by atoms with Gasteiger partial charge in [0, 0.05) is 13.0 Å². The van der Waals surface area contributed by atoms with Gasteiger partial charge in [-0.25, -0.2) is 0 Å². The van der Waals surface area contributed by atoms with Crippen molar-refractivity contribution in [3.05, 3.63) is 12.2 Å². The summed E-state index contributed by atoms with van der Waals surface area (Å²) < 4.78 is 0. The zero-order valence-corrected chi connectivity index (χ0v) is 11.2. The third-order valence-corrected chi connectivity index (χ3v) is 3.09. The van der Waals surface area contributed by atoms with Crippen molar-refractivity contribution < 1.29 is 5.11 Å². The van der Waals surface area contributed by atoms with Crippen LogP contribution in [0.4, 0.5) is 0 Å². The fourth-order valence-electron chi connectivity index (χ4n) is 2.09. The van der Waals surface area contributed by atoms with Gasteiger partial charge in [0.05, 0.1) is 6.54 Å². The summed E-state index contributed by atoms with van der Waals surface area (Å²) in [5, 5.41) is 9.55. The van der Waals surface area contributed by atoms with Gasteiger partial charge in [-0.1, -0.05) is 31.9 Å². The summed E-state index contributed by atoms with van der Waals surface area (Å²) in [7, 11) is 0. The maximum Gasteiger partial charge on any atom is 0.125 e. The van der Waals surface area contributed by atoms with E-state index in [0.717, 1.165) is 31.8 Å². The molecule has 0 aromatic rings. The normalized spacial score (nSPS) is 17.8. The van der Waals surface area contributed by atoms with Gasteiger partial charge in [-0.15, -0.1) is 0 Å². The van der Waals surface area contributed by atoms with Crippen LogP contribution >= 0.6 is 0 Å². The summed E-state index contributed by atoms with van der Waals surface area (Å²) in [6.07, 6.45) is 11.2. The van der Waals surface area contributed by atoms with Crippen LogP contribution in [0.2, 0.25) is 0 Å². The molecule has 0 fully saturated rings. The van der Waals surface area contributed by atoms with Gasteiger partial charge in [-0.2, -0.15) is 0 Å². The van der Waals surface area contributed by atoms with E-state index in [1.165, 1.54) is 25.7 Å². The van der Waals surface area contributed by atoms with Gasteiger partial charge in [-0.3, -0.25) is 4.99 Å². The highest BCUT2D eigenvalue weighted by Gasteiger charge is 2.19. The molecule has 1 N–H and O–H groups in total. The Morgan fingerprint density at radius 2 is 2.12 bits per heavy atom. The second-order valence-electron chi connectivity index (χ2n) is 4.63. The Balaban J connectivity index is 2.13. The molecular weight excluding hydrogens is 212 g/mol. The highest BCUT2D eigenvalue weighted by Crippen LogP contribution is 2.10. The lowest BCUT2D eigenvalue weighted by atomic mass is 10.2. The molecule has 0 aromatic heterocycles. The van der Waals surface area contributed by atoms with Crippen molar-refractivity contribution in [1.82, 2.24) is 4.90 Å². The van der Waals surface area contributed by atoms with E-state index < -0.39 is 6.23 Å². The molecule has 1 rings (SSSR count). The van der Waals surface area contributed by atoms with Gasteiger partial charge < -0.3 is 10.0 Å². The maximum absolute atomic E-state index is 9.55. The van der Waals surface area contributed by atoms with Crippen LogP contribution in [0.5, 0.6) is 0 Å². The second kappa shape index (κ2) is 8.29. The number of nitrogens with zero attached hydrogens (tertiary/aromatic N) is 2. The molecule has 0 spiro atoms. The smallest absolute Gasteiger partial charge is 0.125 e. The van der Waals surface area contributed by atoms with E-state index in [-0.39, 0.29) is 0 Å². The predicted octanol–water partition coefficient (Wildman–Crippen LogP) is 2.96. The number of unbranched alkanes of at least 4 members (excludes halogenated alkanes) is 3. The molecular formula is C14H26N2O. The van der Waals surface area contributed by atoms with Crippen molar-refractivity contribution in [3.8, 4) is 0 Å². The number of rotatable bonds is 8. The molecule has 1 heterocycles. The highest BCUT2D eigenvalue weighted by molar-refractivity contribution is 5.84. The standard InChI is InChI=1S/C14H26N2O/c1-3-4-5-6-7-8-9-10-14-15-11-12-16(14)13(2)17/h7-8,13,17H,3-6,9-12H2,1-2H3/b8-7+. The molecule has 0 bridgehead atoms. The summed E-state index contributed by atoms with van der Waals surface area (Å²) in [4.78, 5) is 6.43. The van der Waals surface area contributed by atoms with Crippen molar-refractivity contribution in [1.29, 1.82) is 0 Å². The quantitative estimate of drug-likeness (QED) is 0.521. The fourth-order valence-corrected chi connectivity index (χ4v) is 2.09. The van der Waals surface area contributed by atoms with Crippen molar-refractivity contribution in [2.45, 2.75) is 58.6 Å². The molecule has 98 valence electrons. The van der Waals surface area contributed by atoms with Crippen LogP contribution < -0.4 is 0 Å². The lowest BCUT2D eigenvalue weighted by Crippen LogP contribution is -2.35. The van der Waals surface area contributed by atoms with E-state index in [0.29, 0.717) is 0 Å². The molecule has 17 heavy (non-hydrogen) atoms. The molecule has 1 aliphatic heterocycles. The van der Waals surface area contributed by atoms with Gasteiger partial charge in [0.25, 0.3) is 0 Å². The van der Waals surface area contributed by atoms with E-state index in [9.17, 15) is 5.11 Å². The van der Waals surface area contributed by atoms with Gasteiger partial charge in [0.1, 0.15) is 12.1 Å². The first-order chi connectivity index (χ1) is 8.25. The lowest BCUT2D eigenvalue weighted by Gasteiger charge is -2.23. The number of aliphatic hydroxyl groups excluding tert-OH is 1. The second-order valence-corrected chi connectivity index (χ2v) is 4.63. The first kappa shape index (κ1) is 14.2. The fraction of sp³-hybridized carbons (Fsp3) is 0.786. The summed E-state index contributed by atoms with van der Waals surface area (Å²) in [5.41, 5.74) is 0. The SMILES string of the molecule is CCCCC/C=C/CCC1=NCCN1C(C)O. The van der Waals surface area contributed by atoms with Crippen LogP contribution in [-0.4, -0.2) is 35.2 Å². The lowest BCUT2D eigenvalue weighted by molar-refractivity contribution is 0.0767. The van der Waals surface area contributed by atoms with Crippen LogP contribution in [0.1, 0.15) is 52.4 Å². The first-order valence-electron chi connectivity index (χ1n) is 6.88. The van der Waals surface area contributed by atoms with Crippen LogP contribution in [0.15, 0.2) is 17.1 Å². The zero-order valence-electron chi connectivity index (χ0n) is 11.2. The van der Waals surface area contributed by atoms with Crippen LogP contribution in [0, 0.1) is 0 Å². The number of hydrogen-bond donors (Lipinski definition) is 1. The number of hydrogen-bond acceptors (Lipinski definition) is 3. The van der Waals surface area contributed by atoms with E-state index in [1.54, 1.807) is 6.92 Å². The monoisotopic (exact) mass is 238 g/mol. The minimum atomic E-state index is -0.398. The zero-order chi connectivity index (χ0) is 12.5. The predicted molar refractivity (Wildman–Crippen MR) is 73.2 cm³/mol. The first-order valence-corrected chi connectivity index (χ1v) is 6.88. The molecule has 1 aliphatic rings. The molecule has 0 aliphatic carbocycles. The van der Waals surface area contributed by atoms with Crippen molar-refractivity contribution >= 4 is 5.84 Å².